The number of carbonyl (C=O) groups is 1. The molecule has 0 saturated heterocycles. The average molecular weight is 493 g/mol. The number of imidazole rings is 1. The van der Waals surface area contributed by atoms with Gasteiger partial charge in [0.1, 0.15) is 11.5 Å². The first-order valence-corrected chi connectivity index (χ1v) is 11.7. The zero-order valence-corrected chi connectivity index (χ0v) is 19.9. The largest absolute Gasteiger partial charge is 0.493 e. The SMILES string of the molecule is CCCCC1=NC(=Cc2c(O)[nH]c(=O)n2Cc2ccc(Cl)cc2)C(Cc2ccc(C(=O)O)cc2)=N1. The highest BCUT2D eigenvalue weighted by atomic mass is 35.5. The monoisotopic (exact) mass is 492 g/mol. The first-order valence-electron chi connectivity index (χ1n) is 11.3. The van der Waals surface area contributed by atoms with E-state index in [1.807, 2.05) is 12.1 Å². The number of aromatic amines is 1. The van der Waals surface area contributed by atoms with E-state index in [-0.39, 0.29) is 18.0 Å². The molecule has 3 aromatic rings. The van der Waals surface area contributed by atoms with Crippen LogP contribution in [-0.2, 0) is 13.0 Å². The fourth-order valence-electron chi connectivity index (χ4n) is 3.77. The van der Waals surface area contributed by atoms with Gasteiger partial charge in [0, 0.05) is 17.9 Å². The molecule has 0 bridgehead atoms. The van der Waals surface area contributed by atoms with Crippen LogP contribution in [0.5, 0.6) is 5.88 Å². The Bertz CT molecular complexity index is 1380. The highest BCUT2D eigenvalue weighted by molar-refractivity contribution is 6.30. The molecule has 1 aliphatic rings. The Morgan fingerprint density at radius 3 is 2.43 bits per heavy atom. The summed E-state index contributed by atoms with van der Waals surface area (Å²) in [4.78, 5) is 35.5. The van der Waals surface area contributed by atoms with Gasteiger partial charge in [-0.2, -0.15) is 0 Å². The molecule has 0 spiro atoms. The van der Waals surface area contributed by atoms with Crippen molar-refractivity contribution in [2.75, 3.05) is 0 Å². The third-order valence-electron chi connectivity index (χ3n) is 5.67. The van der Waals surface area contributed by atoms with Crippen molar-refractivity contribution in [1.82, 2.24) is 9.55 Å². The van der Waals surface area contributed by atoms with Crippen LogP contribution in [0, 0.1) is 0 Å². The second-order valence-corrected chi connectivity index (χ2v) is 8.71. The number of benzene rings is 2. The lowest BCUT2D eigenvalue weighted by molar-refractivity contribution is 0.0697. The Kier molecular flexibility index (Phi) is 7.31. The molecule has 0 fully saturated rings. The van der Waals surface area contributed by atoms with Crippen molar-refractivity contribution in [3.63, 3.8) is 0 Å². The van der Waals surface area contributed by atoms with Crippen molar-refractivity contribution in [3.8, 4) is 5.88 Å². The second-order valence-electron chi connectivity index (χ2n) is 8.28. The van der Waals surface area contributed by atoms with Gasteiger partial charge in [-0.3, -0.25) is 9.55 Å². The van der Waals surface area contributed by atoms with E-state index in [2.05, 4.69) is 16.9 Å². The van der Waals surface area contributed by atoms with Gasteiger partial charge in [-0.05, 0) is 47.9 Å². The van der Waals surface area contributed by atoms with Gasteiger partial charge in [-0.25, -0.2) is 19.6 Å². The number of rotatable bonds is 9. The first kappa shape index (κ1) is 24.2. The Labute approximate surface area is 207 Å². The maximum atomic E-state index is 12.5. The molecule has 2 heterocycles. The van der Waals surface area contributed by atoms with Gasteiger partial charge < -0.3 is 10.2 Å². The van der Waals surface area contributed by atoms with E-state index in [9.17, 15) is 14.7 Å². The van der Waals surface area contributed by atoms with Crippen LogP contribution < -0.4 is 5.69 Å². The molecule has 180 valence electrons. The van der Waals surface area contributed by atoms with Crippen LogP contribution in [-0.4, -0.2) is 37.3 Å². The maximum Gasteiger partial charge on any atom is 0.335 e. The molecule has 4 rings (SSSR count). The minimum absolute atomic E-state index is 0.209. The molecule has 35 heavy (non-hydrogen) atoms. The summed E-state index contributed by atoms with van der Waals surface area (Å²) in [6.07, 6.45) is 4.74. The number of H-pyrrole nitrogens is 1. The van der Waals surface area contributed by atoms with Crippen LogP contribution >= 0.6 is 11.6 Å². The van der Waals surface area contributed by atoms with Crippen molar-refractivity contribution in [2.24, 2.45) is 9.98 Å². The maximum absolute atomic E-state index is 12.5. The van der Waals surface area contributed by atoms with E-state index in [0.29, 0.717) is 40.8 Å². The molecule has 3 N–H and O–H groups in total. The third kappa shape index (κ3) is 5.78. The summed E-state index contributed by atoms with van der Waals surface area (Å²) in [5.41, 5.74) is 3.03. The van der Waals surface area contributed by atoms with Gasteiger partial charge in [0.25, 0.3) is 0 Å². The van der Waals surface area contributed by atoms with Crippen LogP contribution in [0.3, 0.4) is 0 Å². The number of halogens is 1. The topological polar surface area (TPSA) is 120 Å². The smallest absolute Gasteiger partial charge is 0.335 e. The van der Waals surface area contributed by atoms with Crippen LogP contribution in [0.25, 0.3) is 6.08 Å². The van der Waals surface area contributed by atoms with Crippen molar-refractivity contribution in [3.05, 3.63) is 92.1 Å². The number of allylic oxidation sites excluding steroid dienone is 1. The number of carboxylic acid groups (broad SMARTS) is 1. The minimum atomic E-state index is -0.984. The van der Waals surface area contributed by atoms with Crippen molar-refractivity contribution in [1.29, 1.82) is 0 Å². The highest BCUT2D eigenvalue weighted by Crippen LogP contribution is 2.24. The average Bonchev–Trinajstić information content (AvgIpc) is 3.33. The van der Waals surface area contributed by atoms with Crippen LogP contribution in [0.2, 0.25) is 5.02 Å². The molecule has 0 radical (unpaired) electrons. The highest BCUT2D eigenvalue weighted by Gasteiger charge is 2.20. The lowest BCUT2D eigenvalue weighted by Crippen LogP contribution is -2.18. The number of carboxylic acids is 1. The number of nitrogens with one attached hydrogen (secondary N) is 1. The molecule has 0 amide bonds. The van der Waals surface area contributed by atoms with Crippen molar-refractivity contribution >= 4 is 35.2 Å². The number of aromatic nitrogens is 2. The second kappa shape index (κ2) is 10.6. The third-order valence-corrected chi connectivity index (χ3v) is 5.92. The molecule has 8 nitrogen and oxygen atoms in total. The fraction of sp³-hybridized carbons (Fsp3) is 0.231. The molecular formula is C26H25ClN4O4. The molecule has 0 atom stereocenters. The number of nitrogens with zero attached hydrogens (tertiary/aromatic N) is 3. The molecule has 0 unspecified atom stereocenters. The van der Waals surface area contributed by atoms with Gasteiger partial charge in [0.05, 0.1) is 23.5 Å². The predicted molar refractivity (Wildman–Crippen MR) is 137 cm³/mol. The van der Waals surface area contributed by atoms with E-state index in [1.165, 1.54) is 4.57 Å². The molecule has 0 saturated carbocycles. The molecular weight excluding hydrogens is 468 g/mol. The van der Waals surface area contributed by atoms with Crippen molar-refractivity contribution < 1.29 is 15.0 Å². The van der Waals surface area contributed by atoms with E-state index in [1.54, 1.807) is 42.5 Å². The lowest BCUT2D eigenvalue weighted by atomic mass is 10.0. The molecule has 0 aliphatic carbocycles. The summed E-state index contributed by atoms with van der Waals surface area (Å²) in [5, 5.41) is 20.2. The minimum Gasteiger partial charge on any atom is -0.493 e. The van der Waals surface area contributed by atoms with Crippen LogP contribution in [0.1, 0.15) is 53.4 Å². The summed E-state index contributed by atoms with van der Waals surface area (Å²) in [6, 6.07) is 13.7. The van der Waals surface area contributed by atoms with E-state index >= 15 is 0 Å². The summed E-state index contributed by atoms with van der Waals surface area (Å²) < 4.78 is 1.43. The van der Waals surface area contributed by atoms with E-state index in [4.69, 9.17) is 21.7 Å². The number of aliphatic imine (C=N–C) groups is 2. The molecule has 1 aliphatic heterocycles. The summed E-state index contributed by atoms with van der Waals surface area (Å²) in [5.74, 6) is -0.544. The van der Waals surface area contributed by atoms with E-state index < -0.39 is 11.7 Å². The van der Waals surface area contributed by atoms with E-state index in [0.717, 1.165) is 24.0 Å². The number of aromatic carboxylic acids is 1. The van der Waals surface area contributed by atoms with Gasteiger partial charge in [0.15, 0.2) is 0 Å². The summed E-state index contributed by atoms with van der Waals surface area (Å²) >= 11 is 5.97. The zero-order valence-electron chi connectivity index (χ0n) is 19.2. The van der Waals surface area contributed by atoms with Gasteiger partial charge in [-0.15, -0.1) is 0 Å². The van der Waals surface area contributed by atoms with Crippen molar-refractivity contribution in [2.45, 2.75) is 39.2 Å². The molecule has 9 heteroatoms. The molecule has 1 aromatic heterocycles. The first-order chi connectivity index (χ1) is 16.8. The van der Waals surface area contributed by atoms with Gasteiger partial charge >= 0.3 is 11.7 Å². The van der Waals surface area contributed by atoms with Gasteiger partial charge in [-0.1, -0.05) is 49.2 Å². The Morgan fingerprint density at radius 1 is 1.09 bits per heavy atom. The molecule has 2 aromatic carbocycles. The number of unbranched alkanes of at least 4 members (excludes halogenated alkanes) is 1. The number of hydrogen-bond acceptors (Lipinski definition) is 5. The van der Waals surface area contributed by atoms with Crippen LogP contribution in [0.4, 0.5) is 0 Å². The standard InChI is InChI=1S/C26H25ClN4O4/c1-2-3-4-23-28-20(13-16-5-9-18(10-6-16)25(33)34)21(29-23)14-22-24(32)30-26(35)31(22)15-17-7-11-19(27)12-8-17/h5-12,14,32H,2-4,13,15H2,1H3,(H,30,35)(H,33,34). The quantitative estimate of drug-likeness (QED) is 0.393. The Balaban J connectivity index is 1.68. The van der Waals surface area contributed by atoms with Gasteiger partial charge in [0.2, 0.25) is 5.88 Å². The number of aromatic hydroxyl groups is 1. The number of hydrogen-bond donors (Lipinski definition) is 3. The Morgan fingerprint density at radius 2 is 1.77 bits per heavy atom. The summed E-state index contributed by atoms with van der Waals surface area (Å²) in [6.45, 7) is 2.33. The number of amidine groups is 1. The predicted octanol–water partition coefficient (Wildman–Crippen LogP) is 4.91. The zero-order chi connectivity index (χ0) is 24.9. The normalized spacial score (nSPS) is 14.3. The fourth-order valence-corrected chi connectivity index (χ4v) is 3.89. The Hall–Kier alpha value is -3.91. The lowest BCUT2D eigenvalue weighted by Gasteiger charge is -2.07. The summed E-state index contributed by atoms with van der Waals surface area (Å²) in [7, 11) is 0. The van der Waals surface area contributed by atoms with Crippen LogP contribution in [0.15, 0.2) is 69.0 Å².